The van der Waals surface area contributed by atoms with Gasteiger partial charge in [-0.3, -0.25) is 0 Å². The maximum atomic E-state index is 2.64. The average molecular weight is 967 g/mol. The van der Waals surface area contributed by atoms with E-state index in [1.807, 2.05) is 5.57 Å². The molecule has 27 aromatic rings. The van der Waals surface area contributed by atoms with Gasteiger partial charge in [0, 0.05) is 11.3 Å². The van der Waals surface area contributed by atoms with Crippen LogP contribution < -0.4 is 0 Å². The normalized spacial score (nSPS) is 24.2. The van der Waals surface area contributed by atoms with Gasteiger partial charge in [-0.25, -0.2) is 0 Å². The van der Waals surface area contributed by atoms with E-state index >= 15 is 0 Å². The lowest BCUT2D eigenvalue weighted by Crippen LogP contribution is -2.52. The Labute approximate surface area is 437 Å². The van der Waals surface area contributed by atoms with Crippen molar-refractivity contribution in [1.29, 1.82) is 0 Å². The summed E-state index contributed by atoms with van der Waals surface area (Å²) < 4.78 is 0. The Kier molecular flexibility index (Phi) is 2.91. The van der Waals surface area contributed by atoms with Gasteiger partial charge in [0.1, 0.15) is 0 Å². The smallest absolute Gasteiger partial charge is 0.0622 e. The van der Waals surface area contributed by atoms with Crippen molar-refractivity contribution in [2.24, 2.45) is 0 Å². The Hall–Kier alpha value is -9.62. The standard InChI is InChI=1S/C79H18/c1-4-10-17(11-5-1)16-77-70-62-52-38-34-24-22-20-21-26-28-29-27(21)33-31-23(20)25(24)35-39(38)53-55-41(35)37(31)51-47(33)49-43(29)45-44-42(28)48-46-32(26)30(22)36-40(34)54(52)64-60(50(36)46)68-58(48)56(44)66-67-57(45)59(49)69-61(51)65(55)73(71(77)63(53)62)79(69,19-14-8-3-9-15-19)75(67)76(77)74(66)78(68,72(64)70)18-12-6-2-7-13-18/h1-15,74H,16H2/t74-,77+,78+,79-/m0/s1. The predicted molar refractivity (Wildman–Crippen MR) is 328 cm³/mol. The molecular weight excluding hydrogens is 949 g/mol. The number of rotatable bonds is 4. The zero-order valence-electron chi connectivity index (χ0n) is 40.9. The van der Waals surface area contributed by atoms with Gasteiger partial charge in [-0.05, 0) is 327 Å². The van der Waals surface area contributed by atoms with Crippen LogP contribution in [0.2, 0.25) is 0 Å². The molecule has 0 saturated carbocycles. The second-order valence-electron chi connectivity index (χ2n) is 28.4. The van der Waals surface area contributed by atoms with Crippen molar-refractivity contribution in [2.75, 3.05) is 0 Å². The van der Waals surface area contributed by atoms with E-state index in [4.69, 9.17) is 0 Å². The summed E-state index contributed by atoms with van der Waals surface area (Å²) in [7, 11) is 0. The molecule has 0 amide bonds. The van der Waals surface area contributed by atoms with Crippen LogP contribution in [0, 0.1) is 0 Å². The summed E-state index contributed by atoms with van der Waals surface area (Å²) in [5.74, 6) is 0.141. The Bertz CT molecular complexity index is 7910. The first-order valence-electron chi connectivity index (χ1n) is 29.6. The Balaban J connectivity index is 1.11. The molecule has 334 valence electrons. The van der Waals surface area contributed by atoms with E-state index in [1.165, 1.54) is 16.7 Å². The number of allylic oxidation sites excluding steroid dienone is 2. The molecular formula is C79H18. The highest BCUT2D eigenvalue weighted by atomic mass is 14.8. The van der Waals surface area contributed by atoms with Crippen molar-refractivity contribution in [3.05, 3.63) is 158 Å². The molecule has 35 rings (SSSR count). The third-order valence-corrected chi connectivity index (χ3v) is 27.8. The van der Waals surface area contributed by atoms with Crippen molar-refractivity contribution < 1.29 is 0 Å². The van der Waals surface area contributed by atoms with E-state index in [-0.39, 0.29) is 11.3 Å². The quantitative estimate of drug-likeness (QED) is 0.154. The minimum absolute atomic E-state index is 0.141. The fraction of sp³-hybridized carbons (Fsp3) is 0.0633. The van der Waals surface area contributed by atoms with E-state index in [1.54, 1.807) is 298 Å². The molecule has 27 aromatic carbocycles. The lowest BCUT2D eigenvalue weighted by Gasteiger charge is -2.57. The predicted octanol–water partition coefficient (Wildman–Crippen LogP) is 19.9. The molecule has 8 aliphatic carbocycles. The summed E-state index contributed by atoms with van der Waals surface area (Å²) in [6.07, 6.45) is 0.987. The summed E-state index contributed by atoms with van der Waals surface area (Å²) >= 11 is 0. The molecule has 0 aromatic heterocycles. The van der Waals surface area contributed by atoms with Crippen molar-refractivity contribution >= 4 is 253 Å². The van der Waals surface area contributed by atoms with E-state index in [0.717, 1.165) is 6.42 Å². The van der Waals surface area contributed by atoms with Crippen LogP contribution in [0.15, 0.2) is 96.6 Å². The first-order valence-corrected chi connectivity index (χ1v) is 29.6. The first-order chi connectivity index (χ1) is 39.4. The Morgan fingerprint density at radius 2 is 0.570 bits per heavy atom. The average Bonchev–Trinajstić information content (AvgIpc) is 1.54. The van der Waals surface area contributed by atoms with Crippen LogP contribution >= 0.6 is 0 Å². The van der Waals surface area contributed by atoms with Crippen LogP contribution in [-0.4, -0.2) is 0 Å². The number of hydrogen-bond donors (Lipinski definition) is 0. The second kappa shape index (κ2) is 7.43. The zero-order valence-corrected chi connectivity index (χ0v) is 40.9. The number of benzene rings is 19. The van der Waals surface area contributed by atoms with Crippen LogP contribution in [0.3, 0.4) is 0 Å². The first kappa shape index (κ1) is 31.0. The van der Waals surface area contributed by atoms with Gasteiger partial charge < -0.3 is 0 Å². The van der Waals surface area contributed by atoms with Gasteiger partial charge in [0.2, 0.25) is 0 Å². The van der Waals surface area contributed by atoms with Crippen LogP contribution in [0.25, 0.3) is 253 Å². The van der Waals surface area contributed by atoms with Crippen molar-refractivity contribution in [1.82, 2.24) is 0 Å². The van der Waals surface area contributed by atoms with Crippen molar-refractivity contribution in [3.8, 4) is 0 Å². The van der Waals surface area contributed by atoms with Crippen molar-refractivity contribution in [2.45, 2.75) is 28.6 Å². The topological polar surface area (TPSA) is 0 Å². The molecule has 0 radical (unpaired) electrons. The molecule has 0 spiro atoms. The molecule has 0 saturated heterocycles. The summed E-state index contributed by atoms with van der Waals surface area (Å²) in [5, 5.41) is 76.2. The number of hydrogen-bond acceptors (Lipinski definition) is 0. The van der Waals surface area contributed by atoms with Crippen LogP contribution in [-0.2, 0) is 22.7 Å². The molecule has 8 aliphatic rings. The molecule has 0 fully saturated rings. The molecule has 79 heavy (non-hydrogen) atoms. The molecule has 0 bridgehead atoms. The SMILES string of the molecule is c1ccc(C[C@@]23C4=C5c6c7c8c9c%10c%11c%12c(c2c2c%13c3c3c%14c%15c(c%16c6c6c8c8c9c9c%11c%11c%17c%12c2c2c%12c%13c%14c%13c%14c%15c%15c%16c6c6c8c8c9c%11c9c(c2%17)c(c%12%13)c2c%14c%15c6c8c29)[C@]53c2ccccc2)[C@]%10(c2ccccc2)[C@H]47)cc1. The largest absolute Gasteiger partial charge is 0.0729 e. The summed E-state index contributed by atoms with van der Waals surface area (Å²) in [5.41, 5.74) is 20.6. The van der Waals surface area contributed by atoms with Crippen LogP contribution in [0.5, 0.6) is 0 Å². The molecule has 0 heteroatoms. The maximum Gasteiger partial charge on any atom is 0.0729 e. The van der Waals surface area contributed by atoms with E-state index < -0.39 is 10.8 Å². The van der Waals surface area contributed by atoms with Gasteiger partial charge in [-0.1, -0.05) is 91.0 Å². The molecule has 0 unspecified atom stereocenters. The third kappa shape index (κ3) is 1.80. The lowest BCUT2D eigenvalue weighted by molar-refractivity contribution is 0.429. The highest BCUT2D eigenvalue weighted by molar-refractivity contribution is 6.79. The molecule has 0 aliphatic heterocycles. The van der Waals surface area contributed by atoms with Gasteiger partial charge in [-0.15, -0.1) is 0 Å². The van der Waals surface area contributed by atoms with E-state index in [9.17, 15) is 0 Å². The maximum absolute atomic E-state index is 2.64. The zero-order chi connectivity index (χ0) is 47.5. The van der Waals surface area contributed by atoms with Crippen LogP contribution in [0.1, 0.15) is 67.1 Å². The molecule has 0 N–H and O–H groups in total. The molecule has 0 nitrogen and oxygen atoms in total. The Morgan fingerprint density at radius 3 is 1.04 bits per heavy atom. The summed E-state index contributed by atoms with van der Waals surface area (Å²) in [4.78, 5) is 0. The highest BCUT2D eigenvalue weighted by Crippen LogP contribution is 2.89. The molecule has 4 atom stereocenters. The van der Waals surface area contributed by atoms with Crippen LogP contribution in [0.4, 0.5) is 0 Å². The van der Waals surface area contributed by atoms with Gasteiger partial charge in [0.15, 0.2) is 0 Å². The van der Waals surface area contributed by atoms with Crippen molar-refractivity contribution in [3.63, 3.8) is 0 Å². The summed E-state index contributed by atoms with van der Waals surface area (Å²) in [6.45, 7) is 0. The fourth-order valence-electron chi connectivity index (χ4n) is 27.6. The van der Waals surface area contributed by atoms with E-state index in [0.29, 0.717) is 0 Å². The third-order valence-electron chi connectivity index (χ3n) is 27.8. The van der Waals surface area contributed by atoms with Gasteiger partial charge >= 0.3 is 0 Å². The fourth-order valence-corrected chi connectivity index (χ4v) is 27.6. The highest BCUT2D eigenvalue weighted by Gasteiger charge is 2.75. The molecule has 0 heterocycles. The minimum atomic E-state index is -0.479. The monoisotopic (exact) mass is 966 g/mol. The summed E-state index contributed by atoms with van der Waals surface area (Å²) in [6, 6.07) is 37.0. The van der Waals surface area contributed by atoms with Gasteiger partial charge in [-0.2, -0.15) is 0 Å². The van der Waals surface area contributed by atoms with Gasteiger partial charge in [0.05, 0.1) is 10.8 Å². The lowest BCUT2D eigenvalue weighted by atomic mass is 9.44. The second-order valence-corrected chi connectivity index (χ2v) is 28.4. The van der Waals surface area contributed by atoms with Gasteiger partial charge in [0.25, 0.3) is 0 Å². The minimum Gasteiger partial charge on any atom is -0.0622 e. The Morgan fingerprint density at radius 1 is 0.253 bits per heavy atom. The van der Waals surface area contributed by atoms with E-state index in [2.05, 4.69) is 91.0 Å².